The molecule has 0 aliphatic rings. The summed E-state index contributed by atoms with van der Waals surface area (Å²) >= 11 is 6.73. The van der Waals surface area contributed by atoms with Gasteiger partial charge >= 0.3 is 0 Å². The van der Waals surface area contributed by atoms with E-state index in [1.54, 1.807) is 13.2 Å². The molecule has 0 aliphatic heterocycles. The van der Waals surface area contributed by atoms with Gasteiger partial charge in [0.05, 0.1) is 10.9 Å². The van der Waals surface area contributed by atoms with Crippen molar-refractivity contribution in [3.63, 3.8) is 0 Å². The van der Waals surface area contributed by atoms with Crippen LogP contribution < -0.4 is 10.0 Å². The van der Waals surface area contributed by atoms with Crippen molar-refractivity contribution in [2.24, 2.45) is 0 Å². The molecule has 5 nitrogen and oxygen atoms in total. The van der Waals surface area contributed by atoms with Crippen LogP contribution in [-0.2, 0) is 14.8 Å². The Labute approximate surface area is 110 Å². The first-order chi connectivity index (χ1) is 8.06. The van der Waals surface area contributed by atoms with Crippen molar-refractivity contribution in [2.45, 2.75) is 4.21 Å². The third-order valence-corrected chi connectivity index (χ3v) is 5.07. The summed E-state index contributed by atoms with van der Waals surface area (Å²) in [5, 5.41) is 3.04. The quantitative estimate of drug-likeness (QED) is 0.700. The lowest BCUT2D eigenvalue weighted by molar-refractivity contribution is 0.199. The molecule has 1 heterocycles. The van der Waals surface area contributed by atoms with Gasteiger partial charge in [0.1, 0.15) is 4.21 Å². The maximum Gasteiger partial charge on any atom is 0.250 e. The standard InChI is InChI=1S/C9H15ClN2O3S2/c1-15-7-6-11-4-5-12-17(13,14)9-3-2-8(10)16-9/h2-3,11-12H,4-7H2,1H3. The second-order valence-electron chi connectivity index (χ2n) is 3.20. The normalized spacial score (nSPS) is 11.9. The van der Waals surface area contributed by atoms with Crippen LogP contribution >= 0.6 is 22.9 Å². The number of hydrogen-bond donors (Lipinski definition) is 2. The molecule has 1 aromatic heterocycles. The SMILES string of the molecule is COCCNCCNS(=O)(=O)c1ccc(Cl)s1. The van der Waals surface area contributed by atoms with Crippen molar-refractivity contribution in [1.29, 1.82) is 0 Å². The number of methoxy groups -OCH3 is 1. The maximum atomic E-state index is 11.7. The lowest BCUT2D eigenvalue weighted by Crippen LogP contribution is -2.32. The highest BCUT2D eigenvalue weighted by Crippen LogP contribution is 2.24. The lowest BCUT2D eigenvalue weighted by atomic mass is 10.6. The van der Waals surface area contributed by atoms with Crippen LogP contribution in [0, 0.1) is 0 Å². The summed E-state index contributed by atoms with van der Waals surface area (Å²) in [6.45, 7) is 2.19. The number of ether oxygens (including phenoxy) is 1. The van der Waals surface area contributed by atoms with Crippen molar-refractivity contribution >= 4 is 33.0 Å². The Morgan fingerprint density at radius 3 is 2.71 bits per heavy atom. The van der Waals surface area contributed by atoms with E-state index in [-0.39, 0.29) is 4.21 Å². The van der Waals surface area contributed by atoms with Gasteiger partial charge in [-0.15, -0.1) is 11.3 Å². The molecule has 0 saturated carbocycles. The van der Waals surface area contributed by atoms with Gasteiger partial charge in [-0.3, -0.25) is 0 Å². The second kappa shape index (κ2) is 7.30. The molecule has 0 radical (unpaired) electrons. The molecule has 0 saturated heterocycles. The molecule has 8 heteroatoms. The monoisotopic (exact) mass is 298 g/mol. The Morgan fingerprint density at radius 1 is 1.35 bits per heavy atom. The van der Waals surface area contributed by atoms with Gasteiger partial charge < -0.3 is 10.1 Å². The van der Waals surface area contributed by atoms with Crippen LogP contribution in [0.3, 0.4) is 0 Å². The molecule has 0 aliphatic carbocycles. The van der Waals surface area contributed by atoms with E-state index in [4.69, 9.17) is 16.3 Å². The number of rotatable bonds is 8. The molecular weight excluding hydrogens is 284 g/mol. The fourth-order valence-corrected chi connectivity index (χ4v) is 3.65. The number of thiophene rings is 1. The minimum atomic E-state index is -3.42. The molecule has 0 amide bonds. The van der Waals surface area contributed by atoms with Crippen LogP contribution in [0.4, 0.5) is 0 Å². The largest absolute Gasteiger partial charge is 0.383 e. The zero-order valence-corrected chi connectivity index (χ0v) is 11.8. The number of nitrogens with one attached hydrogen (secondary N) is 2. The summed E-state index contributed by atoms with van der Waals surface area (Å²) in [7, 11) is -1.80. The maximum absolute atomic E-state index is 11.7. The van der Waals surface area contributed by atoms with E-state index in [9.17, 15) is 8.42 Å². The molecule has 0 aromatic carbocycles. The molecule has 0 fully saturated rings. The predicted octanol–water partition coefficient (Wildman–Crippen LogP) is 0.916. The Bertz CT molecular complexity index is 433. The number of hydrogen-bond acceptors (Lipinski definition) is 5. The first-order valence-electron chi connectivity index (χ1n) is 5.01. The predicted molar refractivity (Wildman–Crippen MR) is 69.3 cm³/mol. The van der Waals surface area contributed by atoms with E-state index in [1.807, 2.05) is 0 Å². The molecule has 0 unspecified atom stereocenters. The van der Waals surface area contributed by atoms with E-state index in [1.165, 1.54) is 6.07 Å². The average molecular weight is 299 g/mol. The first kappa shape index (κ1) is 14.9. The van der Waals surface area contributed by atoms with Crippen molar-refractivity contribution < 1.29 is 13.2 Å². The summed E-state index contributed by atoms with van der Waals surface area (Å²) in [5.74, 6) is 0. The third-order valence-electron chi connectivity index (χ3n) is 1.89. The minimum absolute atomic E-state index is 0.236. The smallest absolute Gasteiger partial charge is 0.250 e. The summed E-state index contributed by atoms with van der Waals surface area (Å²) in [6, 6.07) is 3.06. The van der Waals surface area contributed by atoms with Crippen LogP contribution in [-0.4, -0.2) is 41.8 Å². The molecular formula is C9H15ClN2O3S2. The van der Waals surface area contributed by atoms with Crippen LogP contribution in [0.1, 0.15) is 0 Å². The highest BCUT2D eigenvalue weighted by Gasteiger charge is 2.15. The first-order valence-corrected chi connectivity index (χ1v) is 7.68. The summed E-state index contributed by atoms with van der Waals surface area (Å²) in [4.78, 5) is 0. The Balaban J connectivity index is 2.31. The number of halogens is 1. The summed E-state index contributed by atoms with van der Waals surface area (Å²) < 4.78 is 31.5. The van der Waals surface area contributed by atoms with Gasteiger partial charge in [-0.05, 0) is 12.1 Å². The molecule has 1 aromatic rings. The van der Waals surface area contributed by atoms with Crippen LogP contribution in [0.25, 0.3) is 0 Å². The van der Waals surface area contributed by atoms with Crippen molar-refractivity contribution in [1.82, 2.24) is 10.0 Å². The molecule has 1 rings (SSSR count). The minimum Gasteiger partial charge on any atom is -0.383 e. The van der Waals surface area contributed by atoms with Gasteiger partial charge in [0.2, 0.25) is 10.0 Å². The highest BCUT2D eigenvalue weighted by atomic mass is 35.5. The fourth-order valence-electron chi connectivity index (χ4n) is 1.09. The van der Waals surface area contributed by atoms with Gasteiger partial charge in [-0.1, -0.05) is 11.6 Å². The molecule has 0 bridgehead atoms. The Hall–Kier alpha value is -0.180. The summed E-state index contributed by atoms with van der Waals surface area (Å²) in [5.41, 5.74) is 0. The van der Waals surface area contributed by atoms with E-state index < -0.39 is 10.0 Å². The zero-order valence-electron chi connectivity index (χ0n) is 9.40. The third kappa shape index (κ3) is 5.33. The Morgan fingerprint density at radius 2 is 2.12 bits per heavy atom. The topological polar surface area (TPSA) is 67.4 Å². The van der Waals surface area contributed by atoms with Crippen molar-refractivity contribution in [3.05, 3.63) is 16.5 Å². The van der Waals surface area contributed by atoms with Gasteiger partial charge in [0, 0.05) is 26.7 Å². The van der Waals surface area contributed by atoms with Crippen LogP contribution in [0.15, 0.2) is 16.3 Å². The van der Waals surface area contributed by atoms with Gasteiger partial charge in [-0.25, -0.2) is 13.1 Å². The Kier molecular flexibility index (Phi) is 6.39. The van der Waals surface area contributed by atoms with E-state index >= 15 is 0 Å². The van der Waals surface area contributed by atoms with Gasteiger partial charge in [-0.2, -0.15) is 0 Å². The van der Waals surface area contributed by atoms with E-state index in [0.29, 0.717) is 30.6 Å². The van der Waals surface area contributed by atoms with Crippen molar-refractivity contribution in [3.8, 4) is 0 Å². The molecule has 17 heavy (non-hydrogen) atoms. The summed E-state index contributed by atoms with van der Waals surface area (Å²) in [6.07, 6.45) is 0. The van der Waals surface area contributed by atoms with Crippen molar-refractivity contribution in [2.75, 3.05) is 33.4 Å². The van der Waals surface area contributed by atoms with Gasteiger partial charge in [0.25, 0.3) is 0 Å². The van der Waals surface area contributed by atoms with Crippen LogP contribution in [0.5, 0.6) is 0 Å². The lowest BCUT2D eigenvalue weighted by Gasteiger charge is -2.05. The molecule has 0 atom stereocenters. The van der Waals surface area contributed by atoms with Gasteiger partial charge in [0.15, 0.2) is 0 Å². The van der Waals surface area contributed by atoms with E-state index in [2.05, 4.69) is 10.0 Å². The number of sulfonamides is 1. The van der Waals surface area contributed by atoms with E-state index in [0.717, 1.165) is 11.3 Å². The highest BCUT2D eigenvalue weighted by molar-refractivity contribution is 7.91. The molecule has 0 spiro atoms. The second-order valence-corrected chi connectivity index (χ2v) is 6.91. The van der Waals surface area contributed by atoms with Crippen LogP contribution in [0.2, 0.25) is 4.34 Å². The fraction of sp³-hybridized carbons (Fsp3) is 0.556. The molecule has 2 N–H and O–H groups in total. The molecule has 98 valence electrons. The zero-order chi connectivity index (χ0) is 12.7. The average Bonchev–Trinajstić information content (AvgIpc) is 2.71.